The molecule has 1 aliphatic heterocycles. The van der Waals surface area contributed by atoms with Gasteiger partial charge in [-0.25, -0.2) is 0 Å². The van der Waals surface area contributed by atoms with Crippen LogP contribution in [0.15, 0.2) is 0 Å². The van der Waals surface area contributed by atoms with E-state index in [1.165, 1.54) is 0 Å². The van der Waals surface area contributed by atoms with E-state index in [0.29, 0.717) is 25.4 Å². The number of carbonyl (C=O) groups is 2. The van der Waals surface area contributed by atoms with E-state index in [4.69, 9.17) is 0 Å². The summed E-state index contributed by atoms with van der Waals surface area (Å²) in [5, 5.41) is 8.72. The number of nitrogens with one attached hydrogen (secondary N) is 3. The van der Waals surface area contributed by atoms with Gasteiger partial charge in [0.2, 0.25) is 11.8 Å². The Morgan fingerprint density at radius 2 is 2.12 bits per heavy atom. The summed E-state index contributed by atoms with van der Waals surface area (Å²) in [5.74, 6) is 0.466. The topological polar surface area (TPSA) is 70.2 Å². The summed E-state index contributed by atoms with van der Waals surface area (Å²) in [6, 6.07) is -0.0614. The van der Waals surface area contributed by atoms with Crippen LogP contribution in [0.1, 0.15) is 33.1 Å². The lowest BCUT2D eigenvalue weighted by Crippen LogP contribution is -2.41. The largest absolute Gasteiger partial charge is 0.356 e. The second-order valence-electron chi connectivity index (χ2n) is 4.89. The molecular formula is C12H23N3O2. The molecule has 1 atom stereocenters. The van der Waals surface area contributed by atoms with E-state index in [-0.39, 0.29) is 17.9 Å². The Morgan fingerprint density at radius 3 is 2.71 bits per heavy atom. The summed E-state index contributed by atoms with van der Waals surface area (Å²) in [7, 11) is 0. The molecular weight excluding hydrogens is 218 g/mol. The summed E-state index contributed by atoms with van der Waals surface area (Å²) in [6.45, 7) is 6.12. The molecule has 5 heteroatoms. The minimum Gasteiger partial charge on any atom is -0.356 e. The fourth-order valence-corrected chi connectivity index (χ4v) is 1.74. The highest BCUT2D eigenvalue weighted by Crippen LogP contribution is 2.04. The van der Waals surface area contributed by atoms with Gasteiger partial charge in [-0.15, -0.1) is 0 Å². The molecule has 0 aromatic carbocycles. The predicted octanol–water partition coefficient (Wildman–Crippen LogP) is 0.0169. The van der Waals surface area contributed by atoms with Gasteiger partial charge in [0.25, 0.3) is 0 Å². The smallest absolute Gasteiger partial charge is 0.237 e. The van der Waals surface area contributed by atoms with Gasteiger partial charge in [0.15, 0.2) is 0 Å². The van der Waals surface area contributed by atoms with E-state index < -0.39 is 0 Å². The average molecular weight is 241 g/mol. The second-order valence-corrected chi connectivity index (χ2v) is 4.89. The summed E-state index contributed by atoms with van der Waals surface area (Å²) < 4.78 is 0. The molecule has 1 aliphatic rings. The van der Waals surface area contributed by atoms with Crippen LogP contribution < -0.4 is 16.0 Å². The Bertz CT molecular complexity index is 260. The molecule has 2 amide bonds. The molecule has 5 nitrogen and oxygen atoms in total. The molecule has 0 saturated carbocycles. The second kappa shape index (κ2) is 7.27. The van der Waals surface area contributed by atoms with Crippen molar-refractivity contribution in [1.82, 2.24) is 16.0 Å². The van der Waals surface area contributed by atoms with Gasteiger partial charge in [-0.1, -0.05) is 13.8 Å². The van der Waals surface area contributed by atoms with Crippen molar-refractivity contribution in [1.29, 1.82) is 0 Å². The van der Waals surface area contributed by atoms with E-state index in [0.717, 1.165) is 19.4 Å². The van der Waals surface area contributed by atoms with Gasteiger partial charge in [-0.3, -0.25) is 9.59 Å². The van der Waals surface area contributed by atoms with Crippen molar-refractivity contribution in [3.05, 3.63) is 0 Å². The minimum atomic E-state index is -0.0614. The first-order valence-corrected chi connectivity index (χ1v) is 6.37. The maximum atomic E-state index is 11.6. The van der Waals surface area contributed by atoms with Crippen molar-refractivity contribution in [3.8, 4) is 0 Å². The quantitative estimate of drug-likeness (QED) is 0.614. The van der Waals surface area contributed by atoms with Gasteiger partial charge in [0, 0.05) is 19.5 Å². The van der Waals surface area contributed by atoms with E-state index in [1.54, 1.807) is 0 Å². The molecule has 0 unspecified atom stereocenters. The van der Waals surface area contributed by atoms with Crippen LogP contribution in [0.5, 0.6) is 0 Å². The molecule has 3 N–H and O–H groups in total. The van der Waals surface area contributed by atoms with Crippen molar-refractivity contribution < 1.29 is 9.59 Å². The third-order valence-electron chi connectivity index (χ3n) is 2.74. The minimum absolute atomic E-state index is 0.00150. The number of rotatable bonds is 6. The number of carbonyl (C=O) groups excluding carboxylic acids is 2. The van der Waals surface area contributed by atoms with Crippen molar-refractivity contribution in [2.75, 3.05) is 19.6 Å². The molecule has 1 rings (SSSR count). The van der Waals surface area contributed by atoms with Crippen LogP contribution >= 0.6 is 0 Å². The van der Waals surface area contributed by atoms with Crippen LogP contribution in [0.4, 0.5) is 0 Å². The van der Waals surface area contributed by atoms with Crippen molar-refractivity contribution in [3.63, 3.8) is 0 Å². The van der Waals surface area contributed by atoms with Gasteiger partial charge in [0.1, 0.15) is 0 Å². The van der Waals surface area contributed by atoms with Gasteiger partial charge in [0.05, 0.1) is 6.04 Å². The molecule has 98 valence electrons. The van der Waals surface area contributed by atoms with Crippen LogP contribution in [-0.2, 0) is 9.59 Å². The lowest BCUT2D eigenvalue weighted by molar-refractivity contribution is -0.123. The van der Waals surface area contributed by atoms with Gasteiger partial charge in [-0.05, 0) is 25.3 Å². The molecule has 1 heterocycles. The number of amides is 2. The zero-order valence-corrected chi connectivity index (χ0v) is 10.7. The summed E-state index contributed by atoms with van der Waals surface area (Å²) in [6.07, 6.45) is 2.30. The third-order valence-corrected chi connectivity index (χ3v) is 2.74. The first kappa shape index (κ1) is 14.0. The lowest BCUT2D eigenvalue weighted by atomic mass is 10.2. The maximum Gasteiger partial charge on any atom is 0.237 e. The van der Waals surface area contributed by atoms with Gasteiger partial charge >= 0.3 is 0 Å². The Morgan fingerprint density at radius 1 is 1.35 bits per heavy atom. The fraction of sp³-hybridized carbons (Fsp3) is 0.833. The maximum absolute atomic E-state index is 11.6. The number of hydrogen-bond donors (Lipinski definition) is 3. The first-order valence-electron chi connectivity index (χ1n) is 6.37. The van der Waals surface area contributed by atoms with Crippen LogP contribution in [0.25, 0.3) is 0 Å². The molecule has 0 bridgehead atoms. The SMILES string of the molecule is CC(C)CNC(=O)CCNC(=O)[C@@H]1CCCN1. The van der Waals surface area contributed by atoms with Crippen molar-refractivity contribution in [2.45, 2.75) is 39.2 Å². The highest BCUT2D eigenvalue weighted by molar-refractivity contribution is 5.83. The summed E-state index contributed by atoms with van der Waals surface area (Å²) in [4.78, 5) is 23.0. The monoisotopic (exact) mass is 241 g/mol. The van der Waals surface area contributed by atoms with E-state index in [9.17, 15) is 9.59 Å². The highest BCUT2D eigenvalue weighted by Gasteiger charge is 2.21. The Kier molecular flexibility index (Phi) is 5.97. The number of hydrogen-bond acceptors (Lipinski definition) is 3. The van der Waals surface area contributed by atoms with Gasteiger partial charge < -0.3 is 16.0 Å². The van der Waals surface area contributed by atoms with Crippen LogP contribution in [0.2, 0.25) is 0 Å². The normalized spacial score (nSPS) is 19.4. The highest BCUT2D eigenvalue weighted by atomic mass is 16.2. The molecule has 1 saturated heterocycles. The fourth-order valence-electron chi connectivity index (χ4n) is 1.74. The molecule has 0 aromatic rings. The zero-order valence-electron chi connectivity index (χ0n) is 10.7. The molecule has 0 aliphatic carbocycles. The first-order chi connectivity index (χ1) is 8.09. The molecule has 0 spiro atoms. The van der Waals surface area contributed by atoms with Gasteiger partial charge in [-0.2, -0.15) is 0 Å². The molecule has 1 fully saturated rings. The van der Waals surface area contributed by atoms with Crippen molar-refractivity contribution in [2.24, 2.45) is 5.92 Å². The van der Waals surface area contributed by atoms with Crippen LogP contribution in [0.3, 0.4) is 0 Å². The molecule has 17 heavy (non-hydrogen) atoms. The average Bonchev–Trinajstić information content (AvgIpc) is 2.79. The van der Waals surface area contributed by atoms with E-state index in [2.05, 4.69) is 16.0 Å². The third kappa shape index (κ3) is 5.68. The Labute approximate surface area is 103 Å². The Hall–Kier alpha value is -1.10. The van der Waals surface area contributed by atoms with Crippen LogP contribution in [0, 0.1) is 5.92 Å². The summed E-state index contributed by atoms with van der Waals surface area (Å²) >= 11 is 0. The predicted molar refractivity (Wildman–Crippen MR) is 66.5 cm³/mol. The zero-order chi connectivity index (χ0) is 12.7. The van der Waals surface area contributed by atoms with E-state index >= 15 is 0 Å². The van der Waals surface area contributed by atoms with Crippen molar-refractivity contribution >= 4 is 11.8 Å². The van der Waals surface area contributed by atoms with Crippen LogP contribution in [-0.4, -0.2) is 37.5 Å². The standard InChI is InChI=1S/C12H23N3O2/c1-9(2)8-15-11(16)5-7-14-12(17)10-4-3-6-13-10/h9-10,13H,3-8H2,1-2H3,(H,14,17)(H,15,16)/t10-/m0/s1. The Balaban J connectivity index is 2.06. The van der Waals surface area contributed by atoms with E-state index in [1.807, 2.05) is 13.8 Å². The molecule has 0 aromatic heterocycles. The molecule has 0 radical (unpaired) electrons. The lowest BCUT2D eigenvalue weighted by Gasteiger charge is -2.11. The summed E-state index contributed by atoms with van der Waals surface area (Å²) in [5.41, 5.74) is 0.